The van der Waals surface area contributed by atoms with E-state index < -0.39 is 5.60 Å². The van der Waals surface area contributed by atoms with Crippen molar-refractivity contribution in [2.45, 2.75) is 82.1 Å². The topological polar surface area (TPSA) is 26.7 Å². The van der Waals surface area contributed by atoms with E-state index in [-0.39, 0.29) is 0 Å². The lowest BCUT2D eigenvalue weighted by Gasteiger charge is -2.39. The molecule has 1 heterocycles. The monoisotopic (exact) mass is 476 g/mol. The number of hydrogen-bond acceptors (Lipinski definition) is 3. The molecule has 1 aliphatic carbocycles. The fraction of sp³-hybridized carbons (Fsp3) is 0.625. The molecule has 4 rings (SSSR count). The highest BCUT2D eigenvalue weighted by atomic mass is 16.3. The lowest BCUT2D eigenvalue weighted by Crippen LogP contribution is -2.45. The van der Waals surface area contributed by atoms with Crippen LogP contribution in [-0.2, 0) is 6.42 Å². The molecule has 35 heavy (non-hydrogen) atoms. The predicted molar refractivity (Wildman–Crippen MR) is 148 cm³/mol. The first-order valence-corrected chi connectivity index (χ1v) is 14.3. The number of aryl methyl sites for hydroxylation is 1. The maximum atomic E-state index is 11.2. The van der Waals surface area contributed by atoms with Gasteiger partial charge in [-0.15, -0.1) is 0 Å². The Hall–Kier alpha value is -1.68. The molecule has 1 saturated carbocycles. The van der Waals surface area contributed by atoms with Gasteiger partial charge >= 0.3 is 0 Å². The van der Waals surface area contributed by atoms with Crippen molar-refractivity contribution >= 4 is 0 Å². The third-order valence-corrected chi connectivity index (χ3v) is 8.63. The van der Waals surface area contributed by atoms with E-state index in [9.17, 15) is 5.11 Å². The van der Waals surface area contributed by atoms with Gasteiger partial charge in [0.05, 0.1) is 5.60 Å². The number of rotatable bonds is 12. The average Bonchev–Trinajstić information content (AvgIpc) is 2.89. The molecule has 2 aromatic carbocycles. The first kappa shape index (κ1) is 26.4. The van der Waals surface area contributed by atoms with Gasteiger partial charge in [0.2, 0.25) is 0 Å². The van der Waals surface area contributed by atoms with Crippen molar-refractivity contribution < 1.29 is 5.11 Å². The summed E-state index contributed by atoms with van der Waals surface area (Å²) in [4.78, 5) is 5.21. The Balaban J connectivity index is 1.22. The summed E-state index contributed by atoms with van der Waals surface area (Å²) in [6, 6.07) is 21.9. The van der Waals surface area contributed by atoms with Crippen LogP contribution in [-0.4, -0.2) is 60.3 Å². The fourth-order valence-corrected chi connectivity index (χ4v) is 6.40. The Labute approximate surface area is 214 Å². The zero-order valence-electron chi connectivity index (χ0n) is 22.1. The number of likely N-dealkylation sites (tertiary alicyclic amines) is 1. The molecule has 0 aromatic heterocycles. The Morgan fingerprint density at radius 3 is 2.29 bits per heavy atom. The minimum absolute atomic E-state index is 0.468. The second-order valence-electron chi connectivity index (χ2n) is 11.5. The van der Waals surface area contributed by atoms with Gasteiger partial charge in [-0.25, -0.2) is 0 Å². The SMILES string of the molecule is CN(CC1CCCCC1)C[C@@H](CCN1CCC(O)(CCCc2ccccc2)CC1)c1ccccc1. The molecule has 0 unspecified atom stereocenters. The van der Waals surface area contributed by atoms with Crippen LogP contribution in [0.3, 0.4) is 0 Å². The molecular weight excluding hydrogens is 428 g/mol. The summed E-state index contributed by atoms with van der Waals surface area (Å²) in [6.07, 6.45) is 13.2. The second kappa shape index (κ2) is 13.6. The number of nitrogens with zero attached hydrogens (tertiary/aromatic N) is 2. The Morgan fingerprint density at radius 1 is 0.943 bits per heavy atom. The summed E-state index contributed by atoms with van der Waals surface area (Å²) in [7, 11) is 2.33. The van der Waals surface area contributed by atoms with Gasteiger partial charge in [0.25, 0.3) is 0 Å². The van der Waals surface area contributed by atoms with Gasteiger partial charge < -0.3 is 14.9 Å². The van der Waals surface area contributed by atoms with Crippen LogP contribution in [0.2, 0.25) is 0 Å². The van der Waals surface area contributed by atoms with Crippen molar-refractivity contribution in [3.63, 3.8) is 0 Å². The number of likely N-dealkylation sites (N-methyl/N-ethyl adjacent to an activating group) is 1. The van der Waals surface area contributed by atoms with Crippen molar-refractivity contribution in [2.24, 2.45) is 5.92 Å². The predicted octanol–water partition coefficient (Wildman–Crippen LogP) is 6.52. The maximum Gasteiger partial charge on any atom is 0.0672 e. The van der Waals surface area contributed by atoms with Crippen LogP contribution < -0.4 is 0 Å². The Bertz CT molecular complexity index is 825. The molecule has 0 radical (unpaired) electrons. The molecule has 0 spiro atoms. The third kappa shape index (κ3) is 8.74. The molecule has 0 bridgehead atoms. The van der Waals surface area contributed by atoms with E-state index in [2.05, 4.69) is 77.5 Å². The molecule has 3 nitrogen and oxygen atoms in total. The van der Waals surface area contributed by atoms with E-state index in [0.717, 1.165) is 64.2 Å². The lowest BCUT2D eigenvalue weighted by molar-refractivity contribution is -0.0293. The number of piperidine rings is 1. The summed E-state index contributed by atoms with van der Waals surface area (Å²) in [6.45, 7) is 5.60. The quantitative estimate of drug-likeness (QED) is 0.378. The fourth-order valence-electron chi connectivity index (χ4n) is 6.40. The van der Waals surface area contributed by atoms with E-state index in [1.165, 1.54) is 56.2 Å². The van der Waals surface area contributed by atoms with Crippen LogP contribution >= 0.6 is 0 Å². The van der Waals surface area contributed by atoms with Crippen LogP contribution in [0.4, 0.5) is 0 Å². The number of benzene rings is 2. The number of hydrogen-bond donors (Lipinski definition) is 1. The third-order valence-electron chi connectivity index (χ3n) is 8.63. The van der Waals surface area contributed by atoms with Gasteiger partial charge in [-0.1, -0.05) is 79.9 Å². The molecule has 0 amide bonds. The van der Waals surface area contributed by atoms with E-state index in [1.807, 2.05) is 0 Å². The highest BCUT2D eigenvalue weighted by Gasteiger charge is 2.32. The standard InChI is InChI=1S/C32H48N2O/c1-33(26-29-14-7-3-8-15-29)27-31(30-17-9-4-10-18-30)19-23-34-24-21-32(35,22-25-34)20-11-16-28-12-5-2-6-13-28/h2,4-6,9-10,12-13,17-18,29,31,35H,3,7-8,11,14-16,19-27H2,1H3/t31-/m1/s1. The summed E-state index contributed by atoms with van der Waals surface area (Å²) >= 11 is 0. The smallest absolute Gasteiger partial charge is 0.0672 e. The summed E-state index contributed by atoms with van der Waals surface area (Å²) < 4.78 is 0. The second-order valence-corrected chi connectivity index (χ2v) is 11.5. The molecule has 2 fully saturated rings. The minimum Gasteiger partial charge on any atom is -0.390 e. The largest absolute Gasteiger partial charge is 0.390 e. The first-order chi connectivity index (χ1) is 17.1. The number of aliphatic hydroxyl groups is 1. The molecule has 1 saturated heterocycles. The molecule has 192 valence electrons. The normalized spacial score (nSPS) is 20.2. The van der Waals surface area contributed by atoms with Crippen LogP contribution in [0.1, 0.15) is 81.3 Å². The summed E-state index contributed by atoms with van der Waals surface area (Å²) in [5.74, 6) is 1.48. The van der Waals surface area contributed by atoms with Gasteiger partial charge in [-0.2, -0.15) is 0 Å². The molecule has 2 aliphatic rings. The molecular formula is C32H48N2O. The van der Waals surface area contributed by atoms with Gasteiger partial charge in [0, 0.05) is 26.2 Å². The highest BCUT2D eigenvalue weighted by Crippen LogP contribution is 2.30. The zero-order chi connectivity index (χ0) is 24.3. The van der Waals surface area contributed by atoms with Gasteiger partial charge in [0.1, 0.15) is 0 Å². The maximum absolute atomic E-state index is 11.2. The van der Waals surface area contributed by atoms with E-state index in [1.54, 1.807) is 0 Å². The highest BCUT2D eigenvalue weighted by molar-refractivity contribution is 5.20. The molecule has 1 N–H and O–H groups in total. The molecule has 2 aromatic rings. The minimum atomic E-state index is -0.468. The lowest BCUT2D eigenvalue weighted by atomic mass is 9.85. The van der Waals surface area contributed by atoms with Crippen LogP contribution in [0.25, 0.3) is 0 Å². The van der Waals surface area contributed by atoms with Crippen molar-refractivity contribution in [3.05, 3.63) is 71.8 Å². The van der Waals surface area contributed by atoms with Gasteiger partial charge in [-0.3, -0.25) is 0 Å². The summed E-state index contributed by atoms with van der Waals surface area (Å²) in [5.41, 5.74) is 2.40. The van der Waals surface area contributed by atoms with Crippen LogP contribution in [0.5, 0.6) is 0 Å². The van der Waals surface area contributed by atoms with Crippen LogP contribution in [0.15, 0.2) is 60.7 Å². The van der Waals surface area contributed by atoms with Crippen molar-refractivity contribution in [3.8, 4) is 0 Å². The molecule has 1 atom stereocenters. The van der Waals surface area contributed by atoms with E-state index in [0.29, 0.717) is 5.92 Å². The molecule has 1 aliphatic heterocycles. The van der Waals surface area contributed by atoms with Crippen molar-refractivity contribution in [1.29, 1.82) is 0 Å². The van der Waals surface area contributed by atoms with Gasteiger partial charge in [-0.05, 0) is 87.9 Å². The Kier molecular flexibility index (Phi) is 10.2. The van der Waals surface area contributed by atoms with Gasteiger partial charge in [0.15, 0.2) is 0 Å². The van der Waals surface area contributed by atoms with E-state index in [4.69, 9.17) is 0 Å². The molecule has 3 heteroatoms. The Morgan fingerprint density at radius 2 is 1.60 bits per heavy atom. The van der Waals surface area contributed by atoms with Crippen molar-refractivity contribution in [1.82, 2.24) is 9.80 Å². The first-order valence-electron chi connectivity index (χ1n) is 14.3. The average molecular weight is 477 g/mol. The van der Waals surface area contributed by atoms with Crippen LogP contribution in [0, 0.1) is 5.92 Å². The van der Waals surface area contributed by atoms with Crippen molar-refractivity contribution in [2.75, 3.05) is 39.8 Å². The van der Waals surface area contributed by atoms with E-state index >= 15 is 0 Å². The summed E-state index contributed by atoms with van der Waals surface area (Å²) in [5, 5.41) is 11.2. The zero-order valence-corrected chi connectivity index (χ0v) is 22.1.